The van der Waals surface area contributed by atoms with Crippen LogP contribution in [0.5, 0.6) is 0 Å². The van der Waals surface area contributed by atoms with Crippen LogP contribution in [0, 0.1) is 6.92 Å². The van der Waals surface area contributed by atoms with E-state index in [1.165, 1.54) is 42.5 Å². The Morgan fingerprint density at radius 2 is 2.00 bits per heavy atom. The van der Waals surface area contributed by atoms with Crippen molar-refractivity contribution in [3.8, 4) is 10.7 Å². The molecule has 1 aromatic carbocycles. The molecule has 2 aromatic heterocycles. The van der Waals surface area contributed by atoms with Crippen LogP contribution >= 0.6 is 27.3 Å². The minimum atomic E-state index is 1.02. The molecule has 0 unspecified atom stereocenters. The van der Waals surface area contributed by atoms with E-state index in [-0.39, 0.29) is 0 Å². The average molecular weight is 361 g/mol. The molecule has 1 aliphatic carbocycles. The van der Waals surface area contributed by atoms with Gasteiger partial charge in [-0.3, -0.25) is 0 Å². The number of nitrogens with zero attached hydrogens (tertiary/aromatic N) is 1. The minimum Gasteiger partial charge on any atom is -0.337 e. The van der Waals surface area contributed by atoms with Crippen LogP contribution in [0.3, 0.4) is 0 Å². The number of aromatic amines is 1. The zero-order valence-corrected chi connectivity index (χ0v) is 14.4. The Kier molecular flexibility index (Phi) is 3.38. The SMILES string of the molecule is Cc1cc(Br)cc2[nH]c(-c3cc4c(s3)CCCCC4)nc12. The van der Waals surface area contributed by atoms with Crippen LogP contribution in [0.2, 0.25) is 0 Å². The fraction of sp³-hybridized carbons (Fsp3) is 0.353. The van der Waals surface area contributed by atoms with Gasteiger partial charge in [0.05, 0.1) is 15.9 Å². The first kappa shape index (κ1) is 13.5. The molecule has 0 atom stereocenters. The number of hydrogen-bond acceptors (Lipinski definition) is 2. The smallest absolute Gasteiger partial charge is 0.148 e. The molecule has 21 heavy (non-hydrogen) atoms. The van der Waals surface area contributed by atoms with Gasteiger partial charge in [0.25, 0.3) is 0 Å². The molecular weight excluding hydrogens is 344 g/mol. The van der Waals surface area contributed by atoms with Crippen LogP contribution in [0.25, 0.3) is 21.7 Å². The summed E-state index contributed by atoms with van der Waals surface area (Å²) in [6.45, 7) is 2.11. The highest BCUT2D eigenvalue weighted by Gasteiger charge is 2.16. The lowest BCUT2D eigenvalue weighted by atomic mass is 10.1. The predicted octanol–water partition coefficient (Wildman–Crippen LogP) is 5.63. The largest absolute Gasteiger partial charge is 0.337 e. The van der Waals surface area contributed by atoms with Gasteiger partial charge in [0.2, 0.25) is 0 Å². The number of hydrogen-bond donors (Lipinski definition) is 1. The Hall–Kier alpha value is -1.13. The summed E-state index contributed by atoms with van der Waals surface area (Å²) in [5.41, 5.74) is 4.95. The number of halogens is 1. The Balaban J connectivity index is 1.81. The van der Waals surface area contributed by atoms with Gasteiger partial charge in [0, 0.05) is 9.35 Å². The second kappa shape index (κ2) is 5.25. The van der Waals surface area contributed by atoms with Gasteiger partial charge < -0.3 is 4.98 Å². The van der Waals surface area contributed by atoms with Gasteiger partial charge in [0.1, 0.15) is 5.82 Å². The molecule has 108 valence electrons. The maximum atomic E-state index is 4.82. The summed E-state index contributed by atoms with van der Waals surface area (Å²) in [6, 6.07) is 6.58. The highest BCUT2D eigenvalue weighted by molar-refractivity contribution is 9.10. The van der Waals surface area contributed by atoms with Gasteiger partial charge >= 0.3 is 0 Å². The molecule has 4 heteroatoms. The highest BCUT2D eigenvalue weighted by atomic mass is 79.9. The average Bonchev–Trinajstić information content (AvgIpc) is 2.98. The number of imidazole rings is 1. The van der Waals surface area contributed by atoms with Gasteiger partial charge in [-0.2, -0.15) is 0 Å². The Labute approximate surface area is 136 Å². The lowest BCUT2D eigenvalue weighted by molar-refractivity contribution is 0.713. The van der Waals surface area contributed by atoms with Crippen molar-refractivity contribution in [3.05, 3.63) is 38.7 Å². The van der Waals surface area contributed by atoms with Crippen LogP contribution < -0.4 is 0 Å². The lowest BCUT2D eigenvalue weighted by Crippen LogP contribution is -1.81. The molecule has 0 spiro atoms. The third-order valence-corrected chi connectivity index (χ3v) is 5.92. The molecule has 0 radical (unpaired) electrons. The fourth-order valence-electron chi connectivity index (χ4n) is 3.15. The topological polar surface area (TPSA) is 28.7 Å². The molecule has 1 N–H and O–H groups in total. The molecule has 2 heterocycles. The van der Waals surface area contributed by atoms with Crippen molar-refractivity contribution in [2.24, 2.45) is 0 Å². The van der Waals surface area contributed by atoms with Gasteiger partial charge in [-0.05, 0) is 61.9 Å². The summed E-state index contributed by atoms with van der Waals surface area (Å²) in [4.78, 5) is 11.2. The van der Waals surface area contributed by atoms with E-state index in [1.807, 2.05) is 11.3 Å². The molecule has 0 bridgehead atoms. The summed E-state index contributed by atoms with van der Waals surface area (Å²) in [7, 11) is 0. The number of H-pyrrole nitrogens is 1. The van der Waals surface area contributed by atoms with Gasteiger partial charge in [0.15, 0.2) is 0 Å². The molecule has 0 saturated carbocycles. The van der Waals surface area contributed by atoms with Crippen LogP contribution in [0.4, 0.5) is 0 Å². The monoisotopic (exact) mass is 360 g/mol. The van der Waals surface area contributed by atoms with Crippen molar-refractivity contribution in [2.75, 3.05) is 0 Å². The van der Waals surface area contributed by atoms with Crippen molar-refractivity contribution < 1.29 is 0 Å². The molecular formula is C17H17BrN2S. The molecule has 1 aliphatic rings. The summed E-state index contributed by atoms with van der Waals surface area (Å²) in [6.07, 6.45) is 6.50. The van der Waals surface area contributed by atoms with Gasteiger partial charge in [-0.25, -0.2) is 4.98 Å². The van der Waals surface area contributed by atoms with Crippen LogP contribution in [0.1, 0.15) is 35.3 Å². The van der Waals surface area contributed by atoms with E-state index in [2.05, 4.69) is 46.0 Å². The van der Waals surface area contributed by atoms with Crippen LogP contribution in [0.15, 0.2) is 22.7 Å². The van der Waals surface area contributed by atoms with Crippen LogP contribution in [-0.4, -0.2) is 9.97 Å². The first-order chi connectivity index (χ1) is 10.2. The third kappa shape index (κ3) is 2.44. The number of fused-ring (bicyclic) bond motifs is 2. The minimum absolute atomic E-state index is 1.02. The first-order valence-electron chi connectivity index (χ1n) is 7.48. The number of rotatable bonds is 1. The zero-order chi connectivity index (χ0) is 14.4. The second-order valence-corrected chi connectivity index (χ2v) is 7.88. The summed E-state index contributed by atoms with van der Waals surface area (Å²) in [5.74, 6) is 1.02. The van der Waals surface area contributed by atoms with E-state index in [0.29, 0.717) is 0 Å². The third-order valence-electron chi connectivity index (χ3n) is 4.22. The maximum Gasteiger partial charge on any atom is 0.148 e. The predicted molar refractivity (Wildman–Crippen MR) is 93.1 cm³/mol. The Morgan fingerprint density at radius 3 is 2.90 bits per heavy atom. The molecule has 0 amide bonds. The normalized spacial score (nSPS) is 15.1. The van der Waals surface area contributed by atoms with Crippen molar-refractivity contribution in [1.82, 2.24) is 9.97 Å². The Morgan fingerprint density at radius 1 is 1.14 bits per heavy atom. The van der Waals surface area contributed by atoms with E-state index in [9.17, 15) is 0 Å². The number of nitrogens with one attached hydrogen (secondary N) is 1. The van der Waals surface area contributed by atoms with Gasteiger partial charge in [-0.15, -0.1) is 11.3 Å². The summed E-state index contributed by atoms with van der Waals surface area (Å²) < 4.78 is 1.10. The van der Waals surface area contributed by atoms with E-state index >= 15 is 0 Å². The van der Waals surface area contributed by atoms with Crippen molar-refractivity contribution in [2.45, 2.75) is 39.0 Å². The Bertz CT molecular complexity index is 792. The van der Waals surface area contributed by atoms with Crippen molar-refractivity contribution in [3.63, 3.8) is 0 Å². The number of aromatic nitrogens is 2. The van der Waals surface area contributed by atoms with Crippen molar-refractivity contribution in [1.29, 1.82) is 0 Å². The molecule has 4 rings (SSSR count). The van der Waals surface area contributed by atoms with E-state index in [1.54, 1.807) is 10.4 Å². The van der Waals surface area contributed by atoms with Crippen LogP contribution in [-0.2, 0) is 12.8 Å². The second-order valence-electron chi connectivity index (χ2n) is 5.82. The zero-order valence-electron chi connectivity index (χ0n) is 12.0. The molecule has 2 nitrogen and oxygen atoms in total. The lowest BCUT2D eigenvalue weighted by Gasteiger charge is -1.94. The fourth-order valence-corrected chi connectivity index (χ4v) is 4.92. The standard InChI is InChI=1S/C17H17BrN2S/c1-10-7-12(18)9-13-16(10)20-17(19-13)15-8-11-5-3-2-4-6-14(11)21-15/h7-9H,2-6H2,1H3,(H,19,20). The van der Waals surface area contributed by atoms with E-state index in [0.717, 1.165) is 21.3 Å². The number of aryl methyl sites for hydroxylation is 3. The maximum absolute atomic E-state index is 4.82. The number of thiophene rings is 1. The quantitative estimate of drug-likeness (QED) is 0.559. The van der Waals surface area contributed by atoms with E-state index < -0.39 is 0 Å². The van der Waals surface area contributed by atoms with Crippen molar-refractivity contribution >= 4 is 38.3 Å². The summed E-state index contributed by atoms with van der Waals surface area (Å²) >= 11 is 5.48. The summed E-state index contributed by atoms with van der Waals surface area (Å²) in [5, 5.41) is 0. The molecule has 3 aromatic rings. The molecule has 0 saturated heterocycles. The van der Waals surface area contributed by atoms with Gasteiger partial charge in [-0.1, -0.05) is 22.4 Å². The molecule has 0 fully saturated rings. The molecule has 0 aliphatic heterocycles. The number of benzene rings is 1. The highest BCUT2D eigenvalue weighted by Crippen LogP contribution is 2.35. The first-order valence-corrected chi connectivity index (χ1v) is 9.09. The van der Waals surface area contributed by atoms with E-state index in [4.69, 9.17) is 4.98 Å².